The van der Waals surface area contributed by atoms with Gasteiger partial charge in [0.1, 0.15) is 23.0 Å². The van der Waals surface area contributed by atoms with Gasteiger partial charge in [0.15, 0.2) is 0 Å². The molecular weight excluding hydrogens is 1100 g/mol. The second-order valence-corrected chi connectivity index (χ2v) is 23.8. The van der Waals surface area contributed by atoms with Crippen molar-refractivity contribution in [3.05, 3.63) is 144 Å². The number of hydrogen-bond donors (Lipinski definition) is 0. The Morgan fingerprint density at radius 2 is 0.605 bits per heavy atom. The summed E-state index contributed by atoms with van der Waals surface area (Å²) >= 11 is 0. The summed E-state index contributed by atoms with van der Waals surface area (Å²) in [6, 6.07) is 43.2. The van der Waals surface area contributed by atoms with Gasteiger partial charge in [0.05, 0.1) is 60.2 Å². The normalized spacial score (nSPS) is 13.3. The van der Waals surface area contributed by atoms with E-state index in [1.807, 2.05) is 0 Å². The fraction of sp³-hybridized carbons (Fsp3) is 0.429. The Morgan fingerprint density at radius 1 is 0.349 bits per heavy atom. The minimum absolute atomic E-state index is 0. The van der Waals surface area contributed by atoms with E-state index in [-0.39, 0.29) is 16.5 Å². The van der Waals surface area contributed by atoms with Crippen LogP contribution in [-0.2, 0) is 23.5 Å². The van der Waals surface area contributed by atoms with Crippen molar-refractivity contribution in [3.8, 4) is 67.5 Å². The molecule has 2 aliphatic heterocycles. The molecule has 5 heterocycles. The second-order valence-electron chi connectivity index (χ2n) is 23.8. The van der Waals surface area contributed by atoms with E-state index in [1.165, 1.54) is 77.0 Å². The number of benzene rings is 4. The van der Waals surface area contributed by atoms with Gasteiger partial charge < -0.3 is 28.5 Å². The molecule has 7 aromatic rings. The summed E-state index contributed by atoms with van der Waals surface area (Å²) in [6.07, 6.45) is 27.4. The molecule has 9 rings (SSSR count). The summed E-state index contributed by atoms with van der Waals surface area (Å²) in [5, 5.41) is 0. The van der Waals surface area contributed by atoms with Gasteiger partial charge in [-0.3, -0.25) is 0 Å². The van der Waals surface area contributed by atoms with Gasteiger partial charge in [0.25, 0.3) is 0 Å². The average molecular weight is 1200 g/mol. The molecule has 4 atom stereocenters. The Kier molecular flexibility index (Phi) is 24.8. The van der Waals surface area contributed by atoms with Gasteiger partial charge in [-0.25, -0.2) is 9.97 Å². The Morgan fingerprint density at radius 3 is 0.860 bits per heavy atom. The third-order valence-electron chi connectivity index (χ3n) is 17.8. The number of hydrogen-bond acceptors (Lipinski definition) is 6. The Balaban J connectivity index is 0.00000961. The molecule has 0 aliphatic carbocycles. The first kappa shape index (κ1) is 65.2. The van der Waals surface area contributed by atoms with E-state index in [0.29, 0.717) is 50.1 Å². The van der Waals surface area contributed by atoms with Crippen LogP contribution >= 0.6 is 0 Å². The van der Waals surface area contributed by atoms with Crippen LogP contribution < -0.4 is 23.9 Å². The number of aromatic nitrogens is 4. The van der Waals surface area contributed by atoms with E-state index in [0.717, 1.165) is 138 Å². The van der Waals surface area contributed by atoms with Crippen LogP contribution in [0.15, 0.2) is 121 Å². The van der Waals surface area contributed by atoms with Gasteiger partial charge in [-0.2, -0.15) is 0 Å². The molecule has 0 spiro atoms. The van der Waals surface area contributed by atoms with Crippen molar-refractivity contribution in [2.45, 2.75) is 158 Å². The molecule has 0 saturated carbocycles. The number of rotatable bonds is 32. The predicted molar refractivity (Wildman–Crippen MR) is 359 cm³/mol. The number of fused-ring (bicyclic) bond motifs is 8. The largest absolute Gasteiger partial charge is 0.657 e. The van der Waals surface area contributed by atoms with Gasteiger partial charge in [-0.05, 0) is 168 Å². The molecule has 0 N–H and O–H groups in total. The molecule has 4 unspecified atom stereocenters. The van der Waals surface area contributed by atoms with Crippen LogP contribution in [0, 0.1) is 23.7 Å². The van der Waals surface area contributed by atoms with Crippen LogP contribution in [0.25, 0.3) is 90.9 Å². The maximum absolute atomic E-state index is 6.50. The smallest absolute Gasteiger partial charge is 0.119 e. The van der Waals surface area contributed by atoms with E-state index < -0.39 is 0 Å². The van der Waals surface area contributed by atoms with Crippen LogP contribution in [0.2, 0.25) is 0 Å². The molecule has 0 amide bonds. The molecule has 3 aromatic heterocycles. The van der Waals surface area contributed by atoms with Crippen molar-refractivity contribution in [1.82, 2.24) is 19.5 Å². The van der Waals surface area contributed by atoms with Crippen LogP contribution in [0.1, 0.15) is 181 Å². The van der Waals surface area contributed by atoms with Crippen LogP contribution in [0.4, 0.5) is 0 Å². The summed E-state index contributed by atoms with van der Waals surface area (Å²) in [5.74, 6) is 5.60. The Labute approximate surface area is 525 Å². The summed E-state index contributed by atoms with van der Waals surface area (Å²) in [5.41, 5.74) is 15.1. The summed E-state index contributed by atoms with van der Waals surface area (Å²) in [4.78, 5) is 16.9. The van der Waals surface area contributed by atoms with Crippen LogP contribution in [-0.4, -0.2) is 41.0 Å². The second kappa shape index (κ2) is 32.8. The van der Waals surface area contributed by atoms with Crippen molar-refractivity contribution in [1.29, 1.82) is 0 Å². The predicted octanol–water partition coefficient (Wildman–Crippen LogP) is 21.3. The molecule has 8 nitrogen and oxygen atoms in total. The topological polar surface area (TPSA) is 81.7 Å². The maximum Gasteiger partial charge on any atom is 0.119 e. The molecular formula is C77H95N4NiO4-. The SMILES string of the molecule is CCCCC(CC)COc1ccc(-c2c3nc(c(-c4ccc(OCC(CC)CCCC)cc4)c4ccc(c(-c5ccc(OCC(CC)CCCC)cc5)c5nc(c(-c6ccc(OCC(CC)CCCC)cc6)c6ccc2[n-]6)C=C5)n4C)C=C3)cc1.[Ni]. The minimum atomic E-state index is 0. The fourth-order valence-electron chi connectivity index (χ4n) is 12.0. The number of ether oxygens (including phenoxy) is 4. The molecule has 9 heteroatoms. The van der Waals surface area contributed by atoms with E-state index in [1.54, 1.807) is 0 Å². The number of unbranched alkanes of at least 4 members (excludes halogenated alkanes) is 4. The minimum Gasteiger partial charge on any atom is -0.657 e. The van der Waals surface area contributed by atoms with Crippen molar-refractivity contribution < 1.29 is 35.4 Å². The van der Waals surface area contributed by atoms with Crippen LogP contribution in [0.5, 0.6) is 23.0 Å². The zero-order chi connectivity index (χ0) is 59.5. The van der Waals surface area contributed by atoms with Gasteiger partial charge in [0, 0.05) is 34.7 Å². The van der Waals surface area contributed by atoms with Crippen molar-refractivity contribution in [2.24, 2.45) is 30.7 Å². The van der Waals surface area contributed by atoms with E-state index in [4.69, 9.17) is 33.9 Å². The summed E-state index contributed by atoms with van der Waals surface area (Å²) in [6.45, 7) is 21.0. The van der Waals surface area contributed by atoms with E-state index >= 15 is 0 Å². The molecule has 0 saturated heterocycles. The zero-order valence-electron chi connectivity index (χ0n) is 53.0. The molecule has 0 fully saturated rings. The Hall–Kier alpha value is -6.83. The molecule has 0 radical (unpaired) electrons. The monoisotopic (exact) mass is 1200 g/mol. The van der Waals surface area contributed by atoms with Gasteiger partial charge in [-0.15, -0.1) is 11.0 Å². The van der Waals surface area contributed by atoms with E-state index in [9.17, 15) is 0 Å². The summed E-state index contributed by atoms with van der Waals surface area (Å²) in [7, 11) is 2.18. The first-order valence-electron chi connectivity index (χ1n) is 32.7. The first-order valence-corrected chi connectivity index (χ1v) is 32.7. The fourth-order valence-corrected chi connectivity index (χ4v) is 12.0. The molecule has 458 valence electrons. The molecule has 2 aliphatic rings. The number of aryl methyl sites for hydroxylation is 1. The van der Waals surface area contributed by atoms with Crippen molar-refractivity contribution >= 4 is 46.4 Å². The molecule has 86 heavy (non-hydrogen) atoms. The average Bonchev–Trinajstić information content (AvgIpc) is 3.86. The van der Waals surface area contributed by atoms with Crippen molar-refractivity contribution in [3.63, 3.8) is 0 Å². The third-order valence-corrected chi connectivity index (χ3v) is 17.8. The van der Waals surface area contributed by atoms with Crippen LogP contribution in [0.3, 0.4) is 0 Å². The number of nitrogens with zero attached hydrogens (tertiary/aromatic N) is 4. The summed E-state index contributed by atoms with van der Waals surface area (Å²) < 4.78 is 28.3. The zero-order valence-corrected chi connectivity index (χ0v) is 54.0. The molecule has 4 aromatic carbocycles. The molecule has 8 bridgehead atoms. The van der Waals surface area contributed by atoms with Gasteiger partial charge in [-0.1, -0.05) is 193 Å². The third kappa shape index (κ3) is 16.4. The van der Waals surface area contributed by atoms with Gasteiger partial charge in [0.2, 0.25) is 0 Å². The van der Waals surface area contributed by atoms with E-state index in [2.05, 4.69) is 213 Å². The standard InChI is InChI=1S/C77H95N4O4.Ni/c1-10-18-22-54(14-5)50-82-62-34-26-58(27-35-62)74-66-42-43-67(78-66)75(59-28-36-63(37-29-59)83-51-55(15-6)23-19-11-2)69-45-47-71(80-69)77(61-32-40-65(41-33-61)85-53-57(17-8)25-21-13-4)73-49-48-72(81(73)9)76(70-46-44-68(74)79-70)60-30-38-64(39-31-60)84-52-56(16-7)24-20-12-3;/h26-49,54-57H,10-25,50-53H2,1-9H3;/q-1;. The maximum atomic E-state index is 6.50. The first-order chi connectivity index (χ1) is 41.7. The quantitative estimate of drug-likeness (QED) is 0.0389. The Bertz CT molecular complexity index is 3240. The van der Waals surface area contributed by atoms with Crippen molar-refractivity contribution in [2.75, 3.05) is 26.4 Å². The van der Waals surface area contributed by atoms with Gasteiger partial charge >= 0.3 is 0 Å².